The molecule has 0 saturated carbocycles. The molecule has 0 aliphatic rings. The summed E-state index contributed by atoms with van der Waals surface area (Å²) in [4.78, 5) is 12.4. The van der Waals surface area contributed by atoms with Gasteiger partial charge in [-0.1, -0.05) is 35.5 Å². The number of benzene rings is 2. The molecule has 2 aromatic heterocycles. The Kier molecular flexibility index (Phi) is 6.54. The van der Waals surface area contributed by atoms with Crippen LogP contribution in [0.4, 0.5) is 5.69 Å². The van der Waals surface area contributed by atoms with E-state index < -0.39 is 0 Å². The minimum absolute atomic E-state index is 0.163. The van der Waals surface area contributed by atoms with Crippen molar-refractivity contribution in [3.8, 4) is 17.3 Å². The molecule has 2 aromatic carbocycles. The van der Waals surface area contributed by atoms with Gasteiger partial charge in [0.25, 0.3) is 0 Å². The van der Waals surface area contributed by atoms with Crippen LogP contribution >= 0.6 is 39.3 Å². The van der Waals surface area contributed by atoms with Gasteiger partial charge in [-0.2, -0.15) is 0 Å². The Balaban J connectivity index is 1.50. The molecule has 1 N–H and O–H groups in total. The number of amides is 1. The second-order valence-electron chi connectivity index (χ2n) is 6.51. The van der Waals surface area contributed by atoms with Crippen LogP contribution in [0.25, 0.3) is 22.6 Å². The van der Waals surface area contributed by atoms with Crippen molar-refractivity contribution in [2.45, 2.75) is 18.6 Å². The summed E-state index contributed by atoms with van der Waals surface area (Å²) in [5.41, 5.74) is 1.29. The molecule has 0 saturated heterocycles. The van der Waals surface area contributed by atoms with Gasteiger partial charge in [0.2, 0.25) is 11.7 Å². The molecule has 0 unspecified atom stereocenters. The SMILES string of the molecule is CCn1c(SCC(=O)Nc2ccc(Br)c(Cl)c2)nnc1-c1cc2cccc(OC)c2o1. The maximum absolute atomic E-state index is 12.4. The van der Waals surface area contributed by atoms with E-state index in [0.717, 1.165) is 9.86 Å². The summed E-state index contributed by atoms with van der Waals surface area (Å²) in [6.07, 6.45) is 0. The quantitative estimate of drug-likeness (QED) is 0.306. The number of aromatic nitrogens is 3. The van der Waals surface area contributed by atoms with Crippen molar-refractivity contribution in [2.24, 2.45) is 0 Å². The van der Waals surface area contributed by atoms with Crippen molar-refractivity contribution in [3.05, 3.63) is 52.0 Å². The van der Waals surface area contributed by atoms with E-state index in [9.17, 15) is 4.79 Å². The summed E-state index contributed by atoms with van der Waals surface area (Å²) in [7, 11) is 1.60. The highest BCUT2D eigenvalue weighted by atomic mass is 79.9. The number of fused-ring (bicyclic) bond motifs is 1. The average molecular weight is 522 g/mol. The van der Waals surface area contributed by atoms with Crippen LogP contribution in [0.1, 0.15) is 6.92 Å². The predicted molar refractivity (Wildman–Crippen MR) is 126 cm³/mol. The van der Waals surface area contributed by atoms with Gasteiger partial charge in [-0.3, -0.25) is 9.36 Å². The molecule has 10 heteroatoms. The fourth-order valence-electron chi connectivity index (χ4n) is 3.07. The van der Waals surface area contributed by atoms with Crippen molar-refractivity contribution >= 4 is 61.9 Å². The van der Waals surface area contributed by atoms with Crippen LogP contribution in [0.3, 0.4) is 0 Å². The lowest BCUT2D eigenvalue weighted by molar-refractivity contribution is -0.113. The number of hydrogen-bond donors (Lipinski definition) is 1. The van der Waals surface area contributed by atoms with Gasteiger partial charge in [0.05, 0.1) is 17.9 Å². The van der Waals surface area contributed by atoms with Crippen molar-refractivity contribution in [2.75, 3.05) is 18.2 Å². The number of carbonyl (C=O) groups is 1. The number of carbonyl (C=O) groups excluding carboxylic acids is 1. The second-order valence-corrected chi connectivity index (χ2v) is 8.71. The van der Waals surface area contributed by atoms with E-state index >= 15 is 0 Å². The lowest BCUT2D eigenvalue weighted by Crippen LogP contribution is -2.14. The zero-order chi connectivity index (χ0) is 22.0. The zero-order valence-corrected chi connectivity index (χ0v) is 19.8. The third-order valence-corrected chi connectivity index (χ3v) is 6.72. The molecule has 0 bridgehead atoms. The fraction of sp³-hybridized carbons (Fsp3) is 0.190. The zero-order valence-electron chi connectivity index (χ0n) is 16.7. The first-order valence-electron chi connectivity index (χ1n) is 9.38. The number of thioether (sulfide) groups is 1. The van der Waals surface area contributed by atoms with Crippen LogP contribution in [-0.2, 0) is 11.3 Å². The van der Waals surface area contributed by atoms with Crippen molar-refractivity contribution < 1.29 is 13.9 Å². The van der Waals surface area contributed by atoms with Crippen LogP contribution in [-0.4, -0.2) is 33.5 Å². The van der Waals surface area contributed by atoms with Gasteiger partial charge in [-0.25, -0.2) is 0 Å². The molecule has 1 amide bonds. The molecular formula is C21H18BrClN4O3S. The van der Waals surface area contributed by atoms with Crippen molar-refractivity contribution in [3.63, 3.8) is 0 Å². The fourth-order valence-corrected chi connectivity index (χ4v) is 4.30. The molecule has 0 aliphatic carbocycles. The molecular weight excluding hydrogens is 504 g/mol. The number of halogens is 2. The number of methoxy groups -OCH3 is 1. The van der Waals surface area contributed by atoms with Gasteiger partial charge in [0.1, 0.15) is 0 Å². The van der Waals surface area contributed by atoms with Crippen LogP contribution in [0.5, 0.6) is 5.75 Å². The van der Waals surface area contributed by atoms with Crippen molar-refractivity contribution in [1.82, 2.24) is 14.8 Å². The normalized spacial score (nSPS) is 11.1. The molecule has 7 nitrogen and oxygen atoms in total. The van der Waals surface area contributed by atoms with Crippen molar-refractivity contribution in [1.29, 1.82) is 0 Å². The highest BCUT2D eigenvalue weighted by Crippen LogP contribution is 2.34. The van der Waals surface area contributed by atoms with E-state index in [1.54, 1.807) is 25.3 Å². The summed E-state index contributed by atoms with van der Waals surface area (Å²) < 4.78 is 14.1. The molecule has 0 atom stereocenters. The number of rotatable bonds is 7. The molecule has 4 aromatic rings. The lowest BCUT2D eigenvalue weighted by Gasteiger charge is -2.07. The molecule has 0 spiro atoms. The third kappa shape index (κ3) is 4.58. The Morgan fingerprint density at radius 3 is 2.87 bits per heavy atom. The van der Waals surface area contributed by atoms with Crippen LogP contribution in [0.2, 0.25) is 5.02 Å². The number of para-hydroxylation sites is 1. The molecule has 4 rings (SSSR count). The van der Waals surface area contributed by atoms with Gasteiger partial charge in [-0.15, -0.1) is 10.2 Å². The second kappa shape index (κ2) is 9.33. The van der Waals surface area contributed by atoms with Crippen LogP contribution in [0, 0.1) is 0 Å². The summed E-state index contributed by atoms with van der Waals surface area (Å²) in [6.45, 7) is 2.62. The van der Waals surface area contributed by atoms with E-state index in [0.29, 0.717) is 45.3 Å². The van der Waals surface area contributed by atoms with E-state index in [1.165, 1.54) is 11.8 Å². The monoisotopic (exact) mass is 520 g/mol. The lowest BCUT2D eigenvalue weighted by atomic mass is 10.2. The Hall–Kier alpha value is -2.49. The number of furan rings is 1. The molecule has 160 valence electrons. The molecule has 0 fully saturated rings. The average Bonchev–Trinajstić information content (AvgIpc) is 3.38. The largest absolute Gasteiger partial charge is 0.493 e. The first kappa shape index (κ1) is 21.7. The minimum Gasteiger partial charge on any atom is -0.493 e. The maximum atomic E-state index is 12.4. The summed E-state index contributed by atoms with van der Waals surface area (Å²) in [5.74, 6) is 1.87. The smallest absolute Gasteiger partial charge is 0.234 e. The number of ether oxygens (including phenoxy) is 1. The first-order valence-corrected chi connectivity index (χ1v) is 11.5. The molecule has 2 heterocycles. The Bertz CT molecular complexity index is 1260. The van der Waals surface area contributed by atoms with Gasteiger partial charge in [-0.05, 0) is 53.2 Å². The highest BCUT2D eigenvalue weighted by Gasteiger charge is 2.19. The van der Waals surface area contributed by atoms with E-state index in [1.807, 2.05) is 35.8 Å². The summed E-state index contributed by atoms with van der Waals surface area (Å²) >= 11 is 10.7. The number of hydrogen-bond acceptors (Lipinski definition) is 6. The Morgan fingerprint density at radius 1 is 1.29 bits per heavy atom. The minimum atomic E-state index is -0.163. The number of anilines is 1. The summed E-state index contributed by atoms with van der Waals surface area (Å²) in [6, 6.07) is 12.9. The number of nitrogens with one attached hydrogen (secondary N) is 1. The van der Waals surface area contributed by atoms with Gasteiger partial charge in [0.15, 0.2) is 22.2 Å². The van der Waals surface area contributed by atoms with Gasteiger partial charge >= 0.3 is 0 Å². The predicted octanol–water partition coefficient (Wildman–Crippen LogP) is 5.87. The van der Waals surface area contributed by atoms with Crippen LogP contribution < -0.4 is 10.1 Å². The highest BCUT2D eigenvalue weighted by molar-refractivity contribution is 9.10. The molecule has 31 heavy (non-hydrogen) atoms. The standard InChI is InChI=1S/C21H18BrClN4O3S/c1-3-27-20(17-9-12-5-4-6-16(29-2)19(12)30-17)25-26-21(27)31-11-18(28)24-13-7-8-14(22)15(23)10-13/h4-10H,3,11H2,1-2H3,(H,24,28). The first-order chi connectivity index (χ1) is 15.0. The van der Waals surface area contributed by atoms with E-state index in [2.05, 4.69) is 31.4 Å². The summed E-state index contributed by atoms with van der Waals surface area (Å²) in [5, 5.41) is 13.5. The molecule has 0 aliphatic heterocycles. The topological polar surface area (TPSA) is 82.2 Å². The maximum Gasteiger partial charge on any atom is 0.234 e. The van der Waals surface area contributed by atoms with Gasteiger partial charge in [0, 0.05) is 22.1 Å². The van der Waals surface area contributed by atoms with E-state index in [-0.39, 0.29) is 11.7 Å². The van der Waals surface area contributed by atoms with Crippen LogP contribution in [0.15, 0.2) is 56.5 Å². The van der Waals surface area contributed by atoms with E-state index in [4.69, 9.17) is 20.8 Å². The number of nitrogens with zero attached hydrogens (tertiary/aromatic N) is 3. The third-order valence-electron chi connectivity index (χ3n) is 4.52. The van der Waals surface area contributed by atoms with Gasteiger partial charge < -0.3 is 14.5 Å². The Morgan fingerprint density at radius 2 is 2.13 bits per heavy atom. The molecule has 0 radical (unpaired) electrons. The Labute approximate surface area is 196 Å².